The molecule has 136 valence electrons. The molecule has 0 bridgehead atoms. The van der Waals surface area contributed by atoms with Crippen molar-refractivity contribution in [3.8, 4) is 0 Å². The molecule has 1 aromatic heterocycles. The van der Waals surface area contributed by atoms with Crippen molar-refractivity contribution in [1.29, 1.82) is 0 Å². The van der Waals surface area contributed by atoms with Gasteiger partial charge in [0.25, 0.3) is 5.91 Å². The van der Waals surface area contributed by atoms with E-state index in [0.717, 1.165) is 5.57 Å². The van der Waals surface area contributed by atoms with Crippen LogP contribution in [0, 0.1) is 0 Å². The van der Waals surface area contributed by atoms with Crippen LogP contribution < -0.4 is 9.88 Å². The second kappa shape index (κ2) is 8.49. The third kappa shape index (κ3) is 3.94. The zero-order chi connectivity index (χ0) is 18.7. The summed E-state index contributed by atoms with van der Waals surface area (Å²) in [7, 11) is 0. The summed E-state index contributed by atoms with van der Waals surface area (Å²) in [6.07, 6.45) is 7.75. The maximum atomic E-state index is 12.5. The Morgan fingerprint density at radius 1 is 1.35 bits per heavy atom. The van der Waals surface area contributed by atoms with Crippen LogP contribution in [0.15, 0.2) is 54.0 Å². The number of nitrogens with one attached hydrogen (secondary N) is 1. The van der Waals surface area contributed by atoms with Crippen molar-refractivity contribution in [3.63, 3.8) is 0 Å². The van der Waals surface area contributed by atoms with Gasteiger partial charge in [-0.1, -0.05) is 28.1 Å². The largest absolute Gasteiger partial charge is 0.341 e. The van der Waals surface area contributed by atoms with Crippen molar-refractivity contribution in [1.82, 2.24) is 10.2 Å². The second-order valence-electron chi connectivity index (χ2n) is 5.71. The number of aromatic nitrogens is 1. The number of rotatable bonds is 6. The van der Waals surface area contributed by atoms with Gasteiger partial charge in [0.2, 0.25) is 10.6 Å². The normalized spacial score (nSPS) is 22.2. The first-order valence-corrected chi connectivity index (χ1v) is 10.8. The van der Waals surface area contributed by atoms with Crippen molar-refractivity contribution < 1.29 is 19.0 Å². The van der Waals surface area contributed by atoms with Crippen LogP contribution in [0.4, 0.5) is 0 Å². The number of fused-ring (bicyclic) bond motifs is 1. The Hall–Kier alpha value is -1.45. The minimum atomic E-state index is -0.586. The fourth-order valence-corrected chi connectivity index (χ4v) is 4.76. The minimum absolute atomic E-state index is 0.138. The van der Waals surface area contributed by atoms with E-state index in [2.05, 4.69) is 37.2 Å². The summed E-state index contributed by atoms with van der Waals surface area (Å²) >= 11 is 7.60. The number of β-lactam (4-membered cyclic amide) rings is 1. The quantitative estimate of drug-likeness (QED) is 0.277. The van der Waals surface area contributed by atoms with Gasteiger partial charge in [0.1, 0.15) is 17.1 Å². The number of hydrogen-bond acceptors (Lipinski definition) is 4. The molecule has 3 heterocycles. The Morgan fingerprint density at radius 2 is 2.08 bits per heavy atom. The average Bonchev–Trinajstić information content (AvgIpc) is 2.65. The zero-order valence-electron chi connectivity index (χ0n) is 13.6. The van der Waals surface area contributed by atoms with Crippen LogP contribution in [0.5, 0.6) is 0 Å². The molecule has 0 aromatic carbocycles. The predicted octanol–water partition coefficient (Wildman–Crippen LogP) is 1.50. The van der Waals surface area contributed by atoms with E-state index in [1.165, 1.54) is 16.7 Å². The molecule has 2 amide bonds. The molecule has 2 atom stereocenters. The first-order valence-electron chi connectivity index (χ1n) is 7.86. The van der Waals surface area contributed by atoms with Crippen molar-refractivity contribution in [2.45, 2.75) is 18.0 Å². The van der Waals surface area contributed by atoms with E-state index in [4.69, 9.17) is 0 Å². The van der Waals surface area contributed by atoms with Gasteiger partial charge in [-0.2, -0.15) is 0 Å². The van der Waals surface area contributed by atoms with Gasteiger partial charge >= 0.3 is 0 Å². The summed E-state index contributed by atoms with van der Waals surface area (Å²) in [5.74, 6) is 0.0881. The molecule has 1 fully saturated rings. The number of pyridine rings is 1. The van der Waals surface area contributed by atoms with E-state index >= 15 is 0 Å². The molecular weight excluding hydrogens is 486 g/mol. The van der Waals surface area contributed by atoms with Crippen LogP contribution in [-0.4, -0.2) is 43.9 Å². The highest BCUT2D eigenvalue weighted by Gasteiger charge is 2.53. The lowest BCUT2D eigenvalue weighted by Gasteiger charge is -2.49. The van der Waals surface area contributed by atoms with Gasteiger partial charge in [-0.15, -0.1) is 11.8 Å². The summed E-state index contributed by atoms with van der Waals surface area (Å²) in [5.41, 5.74) is 1.15. The summed E-state index contributed by atoms with van der Waals surface area (Å²) in [6, 6.07) is 5.25. The molecule has 0 aliphatic carbocycles. The highest BCUT2D eigenvalue weighted by atomic mass is 79.9. The van der Waals surface area contributed by atoms with Gasteiger partial charge in [0, 0.05) is 17.9 Å². The first-order chi connectivity index (χ1) is 12.5. The zero-order valence-corrected chi connectivity index (χ0v) is 17.6. The Balaban J connectivity index is 1.77. The standard InChI is InChI=1S/C17H15Br2N3O3S/c18-9-12(23)20-13-16(25)22-14(15(19)24)11(10-26-17(13)22)5-4-8-21-6-2-1-3-7-21/h1-7,13,17H,8-10H2/p+1/t13-,17-/m1/s1. The van der Waals surface area contributed by atoms with E-state index in [1.54, 1.807) is 0 Å². The highest BCUT2D eigenvalue weighted by molar-refractivity contribution is 9.18. The molecule has 3 rings (SSSR count). The van der Waals surface area contributed by atoms with E-state index in [1.807, 2.05) is 47.3 Å². The molecule has 0 radical (unpaired) electrons. The molecule has 2 aliphatic heterocycles. The Labute approximate surface area is 172 Å². The van der Waals surface area contributed by atoms with Crippen molar-refractivity contribution >= 4 is 60.1 Å². The number of hydrogen-bond donors (Lipinski definition) is 1. The fourth-order valence-electron chi connectivity index (χ4n) is 2.84. The summed E-state index contributed by atoms with van der Waals surface area (Å²) < 4.78 is 1.68. The number of thioether (sulfide) groups is 1. The van der Waals surface area contributed by atoms with Crippen LogP contribution in [0.2, 0.25) is 0 Å². The smallest absolute Gasteiger partial charge is 0.253 e. The number of halogens is 2. The Bertz CT molecular complexity index is 798. The molecule has 9 heteroatoms. The third-order valence-corrected chi connectivity index (χ3v) is 6.22. The van der Waals surface area contributed by atoms with E-state index in [9.17, 15) is 14.4 Å². The Morgan fingerprint density at radius 3 is 2.73 bits per heavy atom. The van der Waals surface area contributed by atoms with Crippen molar-refractivity contribution in [2.24, 2.45) is 0 Å². The molecule has 1 N–H and O–H groups in total. The molecular formula is C17H16Br2N3O3S+. The van der Waals surface area contributed by atoms with Gasteiger partial charge < -0.3 is 5.32 Å². The lowest BCUT2D eigenvalue weighted by molar-refractivity contribution is -0.687. The average molecular weight is 502 g/mol. The van der Waals surface area contributed by atoms with Gasteiger partial charge in [-0.3, -0.25) is 19.3 Å². The van der Waals surface area contributed by atoms with Gasteiger partial charge in [0.15, 0.2) is 18.9 Å². The van der Waals surface area contributed by atoms with E-state index in [-0.39, 0.29) is 27.2 Å². The summed E-state index contributed by atoms with van der Waals surface area (Å²) in [6.45, 7) is 0.667. The minimum Gasteiger partial charge on any atom is -0.341 e. The van der Waals surface area contributed by atoms with E-state index < -0.39 is 6.04 Å². The number of allylic oxidation sites excluding steroid dienone is 3. The molecule has 1 aromatic rings. The Kier molecular flexibility index (Phi) is 6.31. The second-order valence-corrected chi connectivity index (χ2v) is 8.10. The van der Waals surface area contributed by atoms with Crippen LogP contribution in [0.25, 0.3) is 0 Å². The number of nitrogens with zero attached hydrogens (tertiary/aromatic N) is 2. The molecule has 2 aliphatic rings. The van der Waals surface area contributed by atoms with Gasteiger partial charge in [-0.05, 0) is 27.6 Å². The van der Waals surface area contributed by atoms with Crippen molar-refractivity contribution in [2.75, 3.05) is 11.1 Å². The summed E-state index contributed by atoms with van der Waals surface area (Å²) in [5, 5.41) is 2.58. The maximum Gasteiger partial charge on any atom is 0.253 e. The van der Waals surface area contributed by atoms with Crippen LogP contribution in [0.3, 0.4) is 0 Å². The molecule has 26 heavy (non-hydrogen) atoms. The lowest BCUT2D eigenvalue weighted by atomic mass is 10.0. The monoisotopic (exact) mass is 500 g/mol. The maximum absolute atomic E-state index is 12.5. The first kappa shape index (κ1) is 19.3. The molecule has 1 saturated heterocycles. The topological polar surface area (TPSA) is 70.4 Å². The van der Waals surface area contributed by atoms with E-state index in [0.29, 0.717) is 18.0 Å². The van der Waals surface area contributed by atoms with Gasteiger partial charge in [-0.25, -0.2) is 4.57 Å². The molecule has 0 saturated carbocycles. The lowest BCUT2D eigenvalue weighted by Crippen LogP contribution is -2.70. The number of alkyl halides is 1. The fraction of sp³-hybridized carbons (Fsp3) is 0.294. The van der Waals surface area contributed by atoms with Crippen LogP contribution >= 0.6 is 43.6 Å². The predicted molar refractivity (Wildman–Crippen MR) is 106 cm³/mol. The van der Waals surface area contributed by atoms with Crippen molar-refractivity contribution in [3.05, 3.63) is 54.0 Å². The molecule has 0 spiro atoms. The number of amides is 2. The number of carbonyl (C=O) groups excluding carboxylic acids is 3. The number of carbonyl (C=O) groups is 3. The SMILES string of the molecule is O=C(CBr)N[C@@H]1C(=O)N2C(C(=O)Br)=C(C=CC[n+]3ccccc3)CS[C@H]12. The molecule has 0 unspecified atom stereocenters. The third-order valence-electron chi connectivity index (χ3n) is 4.03. The van der Waals surface area contributed by atoms with Crippen LogP contribution in [0.1, 0.15) is 0 Å². The summed E-state index contributed by atoms with van der Waals surface area (Å²) in [4.78, 5) is 37.6. The van der Waals surface area contributed by atoms with Gasteiger partial charge in [0.05, 0.1) is 5.33 Å². The highest BCUT2D eigenvalue weighted by Crippen LogP contribution is 2.41. The molecule has 6 nitrogen and oxygen atoms in total. The van der Waals surface area contributed by atoms with Crippen LogP contribution in [-0.2, 0) is 20.9 Å².